The van der Waals surface area contributed by atoms with Gasteiger partial charge in [0.15, 0.2) is 6.29 Å². The molecule has 2 rings (SSSR count). The number of para-hydroxylation sites is 1. The standard InChI is InChI=1S/C21H26FNO4S/c1-21(2,3)20(24)23-19-16(22)7-6-8-17(19)28-15-11-9-14(10-12-15)27-13-18(25-4)26-5/h6-12,18H,13H2,1-5H3,(H,23,24). The number of amides is 1. The minimum absolute atomic E-state index is 0.191. The second kappa shape index (κ2) is 9.91. The normalized spacial score (nSPS) is 11.5. The van der Waals surface area contributed by atoms with Gasteiger partial charge in [-0.2, -0.15) is 0 Å². The van der Waals surface area contributed by atoms with E-state index < -0.39 is 17.5 Å². The maximum absolute atomic E-state index is 14.3. The minimum Gasteiger partial charge on any atom is -0.488 e. The van der Waals surface area contributed by atoms with Crippen molar-refractivity contribution < 1.29 is 23.4 Å². The fourth-order valence-corrected chi connectivity index (χ4v) is 3.06. The van der Waals surface area contributed by atoms with Crippen molar-refractivity contribution in [1.82, 2.24) is 0 Å². The van der Waals surface area contributed by atoms with Crippen LogP contribution in [0.5, 0.6) is 5.75 Å². The second-order valence-electron chi connectivity index (χ2n) is 7.10. The lowest BCUT2D eigenvalue weighted by Crippen LogP contribution is -2.28. The van der Waals surface area contributed by atoms with Gasteiger partial charge in [-0.1, -0.05) is 38.6 Å². The summed E-state index contributed by atoms with van der Waals surface area (Å²) in [6.45, 7) is 5.62. The predicted molar refractivity (Wildman–Crippen MR) is 108 cm³/mol. The third kappa shape index (κ3) is 6.22. The average Bonchev–Trinajstić information content (AvgIpc) is 2.65. The van der Waals surface area contributed by atoms with Gasteiger partial charge in [-0.3, -0.25) is 4.79 Å². The van der Waals surface area contributed by atoms with Crippen molar-refractivity contribution in [2.75, 3.05) is 26.1 Å². The number of rotatable bonds is 8. The summed E-state index contributed by atoms with van der Waals surface area (Å²) in [5, 5.41) is 2.71. The number of nitrogens with one attached hydrogen (secondary N) is 1. The Labute approximate surface area is 169 Å². The molecule has 0 radical (unpaired) electrons. The first kappa shape index (κ1) is 22.2. The summed E-state index contributed by atoms with van der Waals surface area (Å²) >= 11 is 1.36. The molecule has 2 aromatic rings. The van der Waals surface area contributed by atoms with Crippen LogP contribution in [0.4, 0.5) is 10.1 Å². The molecular formula is C21H26FNO4S. The van der Waals surface area contributed by atoms with Crippen molar-refractivity contribution in [2.45, 2.75) is 36.9 Å². The Morgan fingerprint density at radius 3 is 2.32 bits per heavy atom. The van der Waals surface area contributed by atoms with Crippen LogP contribution in [0.1, 0.15) is 20.8 Å². The molecule has 152 valence electrons. The molecule has 0 unspecified atom stereocenters. The molecule has 0 aliphatic heterocycles. The van der Waals surface area contributed by atoms with Crippen LogP contribution in [0, 0.1) is 11.2 Å². The molecule has 0 aliphatic rings. The number of hydrogen-bond donors (Lipinski definition) is 1. The first-order valence-corrected chi connectivity index (χ1v) is 9.62. The van der Waals surface area contributed by atoms with E-state index in [4.69, 9.17) is 14.2 Å². The topological polar surface area (TPSA) is 56.8 Å². The molecule has 0 aliphatic carbocycles. The van der Waals surface area contributed by atoms with Crippen LogP contribution in [0.25, 0.3) is 0 Å². The lowest BCUT2D eigenvalue weighted by Gasteiger charge is -2.19. The van der Waals surface area contributed by atoms with E-state index in [9.17, 15) is 9.18 Å². The number of hydrogen-bond acceptors (Lipinski definition) is 5. The van der Waals surface area contributed by atoms with Gasteiger partial charge in [0.1, 0.15) is 18.2 Å². The molecule has 0 bridgehead atoms. The zero-order valence-corrected chi connectivity index (χ0v) is 17.6. The van der Waals surface area contributed by atoms with Crippen molar-refractivity contribution >= 4 is 23.4 Å². The van der Waals surface area contributed by atoms with Crippen LogP contribution in [-0.4, -0.2) is 33.0 Å². The van der Waals surface area contributed by atoms with Crippen molar-refractivity contribution in [3.8, 4) is 5.75 Å². The van der Waals surface area contributed by atoms with Crippen LogP contribution in [-0.2, 0) is 14.3 Å². The number of carbonyl (C=O) groups excluding carboxylic acids is 1. The van der Waals surface area contributed by atoms with Crippen molar-refractivity contribution in [2.24, 2.45) is 5.41 Å². The first-order valence-electron chi connectivity index (χ1n) is 8.81. The van der Waals surface area contributed by atoms with E-state index in [0.29, 0.717) is 10.6 Å². The van der Waals surface area contributed by atoms with Gasteiger partial charge in [0.05, 0.1) is 5.69 Å². The highest BCUT2D eigenvalue weighted by Gasteiger charge is 2.23. The lowest BCUT2D eigenvalue weighted by molar-refractivity contribution is -0.123. The summed E-state index contributed by atoms with van der Waals surface area (Å²) in [4.78, 5) is 13.8. The van der Waals surface area contributed by atoms with Gasteiger partial charge in [0.2, 0.25) is 5.91 Å². The molecule has 5 nitrogen and oxygen atoms in total. The van der Waals surface area contributed by atoms with Gasteiger partial charge in [-0.25, -0.2) is 4.39 Å². The number of carbonyl (C=O) groups is 1. The number of ether oxygens (including phenoxy) is 3. The summed E-state index contributed by atoms with van der Waals surface area (Å²) in [6.07, 6.45) is -0.435. The minimum atomic E-state index is -0.620. The van der Waals surface area contributed by atoms with Crippen LogP contribution >= 0.6 is 11.8 Å². The molecule has 0 fully saturated rings. The number of anilines is 1. The molecule has 0 atom stereocenters. The third-order valence-corrected chi connectivity index (χ3v) is 4.93. The van der Waals surface area contributed by atoms with Crippen molar-refractivity contribution in [3.63, 3.8) is 0 Å². The van der Waals surface area contributed by atoms with Crippen molar-refractivity contribution in [3.05, 3.63) is 48.3 Å². The van der Waals surface area contributed by atoms with E-state index >= 15 is 0 Å². The molecule has 1 amide bonds. The molecule has 0 saturated carbocycles. The third-order valence-electron chi connectivity index (χ3n) is 3.86. The highest BCUT2D eigenvalue weighted by molar-refractivity contribution is 7.99. The fraction of sp³-hybridized carbons (Fsp3) is 0.381. The monoisotopic (exact) mass is 407 g/mol. The van der Waals surface area contributed by atoms with Gasteiger partial charge < -0.3 is 19.5 Å². The SMILES string of the molecule is COC(COc1ccc(Sc2cccc(F)c2NC(=O)C(C)(C)C)cc1)OC. The molecular weight excluding hydrogens is 381 g/mol. The van der Waals surface area contributed by atoms with E-state index in [2.05, 4.69) is 5.32 Å². The van der Waals surface area contributed by atoms with Crippen LogP contribution in [0.3, 0.4) is 0 Å². The Morgan fingerprint density at radius 2 is 1.75 bits per heavy atom. The average molecular weight is 408 g/mol. The van der Waals surface area contributed by atoms with Gasteiger partial charge in [0.25, 0.3) is 0 Å². The zero-order chi connectivity index (χ0) is 20.7. The zero-order valence-electron chi connectivity index (χ0n) is 16.7. The van der Waals surface area contributed by atoms with E-state index in [0.717, 1.165) is 4.90 Å². The number of benzene rings is 2. The molecule has 28 heavy (non-hydrogen) atoms. The van der Waals surface area contributed by atoms with E-state index in [1.165, 1.54) is 17.8 Å². The van der Waals surface area contributed by atoms with E-state index in [-0.39, 0.29) is 18.2 Å². The highest BCUT2D eigenvalue weighted by atomic mass is 32.2. The van der Waals surface area contributed by atoms with Gasteiger partial charge in [-0.15, -0.1) is 0 Å². The van der Waals surface area contributed by atoms with Crippen LogP contribution < -0.4 is 10.1 Å². The van der Waals surface area contributed by atoms with Crippen LogP contribution in [0.2, 0.25) is 0 Å². The molecule has 0 saturated heterocycles. The largest absolute Gasteiger partial charge is 0.488 e. The van der Waals surface area contributed by atoms with E-state index in [1.807, 2.05) is 24.3 Å². The summed E-state index contributed by atoms with van der Waals surface area (Å²) in [7, 11) is 3.10. The smallest absolute Gasteiger partial charge is 0.229 e. The van der Waals surface area contributed by atoms with E-state index in [1.54, 1.807) is 47.1 Å². The number of halogens is 1. The molecule has 0 aromatic heterocycles. The first-order chi connectivity index (χ1) is 13.2. The van der Waals surface area contributed by atoms with Gasteiger partial charge >= 0.3 is 0 Å². The Morgan fingerprint density at radius 1 is 1.11 bits per heavy atom. The molecule has 0 heterocycles. The van der Waals surface area contributed by atoms with Crippen molar-refractivity contribution in [1.29, 1.82) is 0 Å². The lowest BCUT2D eigenvalue weighted by atomic mass is 9.95. The summed E-state index contributed by atoms with van der Waals surface area (Å²) in [5.74, 6) is -0.0364. The molecule has 1 N–H and O–H groups in total. The Kier molecular flexibility index (Phi) is 7.86. The second-order valence-corrected chi connectivity index (χ2v) is 8.22. The summed E-state index contributed by atoms with van der Waals surface area (Å²) in [5.41, 5.74) is -0.429. The molecule has 0 spiro atoms. The van der Waals surface area contributed by atoms with Gasteiger partial charge in [-0.05, 0) is 36.4 Å². The number of methoxy groups -OCH3 is 2. The molecule has 2 aromatic carbocycles. The maximum Gasteiger partial charge on any atom is 0.229 e. The predicted octanol–water partition coefficient (Wildman–Crippen LogP) is 4.96. The van der Waals surface area contributed by atoms with Crippen LogP contribution in [0.15, 0.2) is 52.3 Å². The Bertz CT molecular complexity index is 786. The maximum atomic E-state index is 14.3. The Hall–Kier alpha value is -2.09. The summed E-state index contributed by atoms with van der Waals surface area (Å²) < 4.78 is 30.1. The summed E-state index contributed by atoms with van der Waals surface area (Å²) in [6, 6.07) is 12.1. The van der Waals surface area contributed by atoms with Gasteiger partial charge in [0, 0.05) is 29.4 Å². The Balaban J connectivity index is 2.11. The fourth-order valence-electron chi connectivity index (χ4n) is 2.14. The quantitative estimate of drug-likeness (QED) is 0.627. The highest BCUT2D eigenvalue weighted by Crippen LogP contribution is 2.36. The molecule has 7 heteroatoms.